The summed E-state index contributed by atoms with van der Waals surface area (Å²) in [6.07, 6.45) is 23.3. The number of nitrogens with zero attached hydrogens (tertiary/aromatic N) is 2. The first-order valence-corrected chi connectivity index (χ1v) is 13.4. The van der Waals surface area contributed by atoms with Crippen LogP contribution >= 0.6 is 0 Å². The second kappa shape index (κ2) is 20.1. The molecule has 2 aromatic rings. The molecule has 35 heavy (non-hydrogen) atoms. The average Bonchev–Trinajstić information content (AvgIpc) is 2.87. The molecule has 0 atom stereocenters. The van der Waals surface area contributed by atoms with Gasteiger partial charge in [0.05, 0.1) is 17.1 Å². The molecule has 192 valence electrons. The van der Waals surface area contributed by atoms with Crippen LogP contribution in [0.5, 0.6) is 0 Å². The number of aliphatic imine (C=N–C) groups is 2. The van der Waals surface area contributed by atoms with Crippen LogP contribution in [-0.4, -0.2) is 11.9 Å². The second-order valence-corrected chi connectivity index (χ2v) is 8.82. The van der Waals surface area contributed by atoms with Crippen molar-refractivity contribution in [2.45, 2.75) is 91.4 Å². The van der Waals surface area contributed by atoms with Crippen molar-refractivity contribution < 1.29 is 20.4 Å². The first-order valence-electron chi connectivity index (χ1n) is 13.4. The van der Waals surface area contributed by atoms with E-state index in [1.165, 1.54) is 24.0 Å². The fourth-order valence-electron chi connectivity index (χ4n) is 3.77. The van der Waals surface area contributed by atoms with Gasteiger partial charge in [0.25, 0.3) is 0 Å². The molecule has 0 spiro atoms. The number of aryl methyl sites for hydroxylation is 2. The SMILES string of the molecule is CCC/C=C/CCc1ccccc1/N=C/C(CCCC)=N/c1ccccc1CC/C=C/CCC.[Pd]. The first-order chi connectivity index (χ1) is 16.8. The normalized spacial score (nSPS) is 12.1. The van der Waals surface area contributed by atoms with Gasteiger partial charge in [0.1, 0.15) is 0 Å². The van der Waals surface area contributed by atoms with E-state index in [2.05, 4.69) is 93.6 Å². The summed E-state index contributed by atoms with van der Waals surface area (Å²) in [7, 11) is 0. The van der Waals surface area contributed by atoms with Crippen LogP contribution in [0.4, 0.5) is 11.4 Å². The molecule has 0 unspecified atom stereocenters. The van der Waals surface area contributed by atoms with Crippen LogP contribution in [0.1, 0.15) is 89.7 Å². The van der Waals surface area contributed by atoms with E-state index < -0.39 is 0 Å². The van der Waals surface area contributed by atoms with Crippen molar-refractivity contribution in [3.63, 3.8) is 0 Å². The van der Waals surface area contributed by atoms with Gasteiger partial charge in [-0.05, 0) is 74.6 Å². The fraction of sp³-hybridized carbons (Fsp3) is 0.438. The smallest absolute Gasteiger partial charge is 0.0665 e. The van der Waals surface area contributed by atoms with E-state index in [1.54, 1.807) is 0 Å². The van der Waals surface area contributed by atoms with E-state index in [4.69, 9.17) is 9.98 Å². The van der Waals surface area contributed by atoms with Crippen molar-refractivity contribution >= 4 is 23.3 Å². The number of rotatable bonds is 16. The molecule has 0 saturated carbocycles. The molecule has 0 aromatic heterocycles. The summed E-state index contributed by atoms with van der Waals surface area (Å²) in [4.78, 5) is 9.99. The third kappa shape index (κ3) is 13.0. The summed E-state index contributed by atoms with van der Waals surface area (Å²) in [6, 6.07) is 17.1. The number of unbranched alkanes of at least 4 members (excludes halogenated alkanes) is 3. The van der Waals surface area contributed by atoms with Crippen molar-refractivity contribution in [2.24, 2.45) is 9.98 Å². The molecule has 2 aromatic carbocycles. The number of benzene rings is 2. The molecular formula is C32H44N2Pd. The van der Waals surface area contributed by atoms with Crippen molar-refractivity contribution in [1.82, 2.24) is 0 Å². The van der Waals surface area contributed by atoms with E-state index in [-0.39, 0.29) is 20.4 Å². The molecular weight excluding hydrogens is 519 g/mol. The van der Waals surface area contributed by atoms with Crippen LogP contribution in [0.3, 0.4) is 0 Å². The molecule has 0 aliphatic carbocycles. The van der Waals surface area contributed by atoms with Gasteiger partial charge in [0, 0.05) is 26.6 Å². The van der Waals surface area contributed by atoms with Gasteiger partial charge in [-0.25, -0.2) is 0 Å². The summed E-state index contributed by atoms with van der Waals surface area (Å²) in [5.74, 6) is 0. The Balaban J connectivity index is 0.00000612. The minimum Gasteiger partial charge on any atom is -0.255 e. The molecule has 0 radical (unpaired) electrons. The number of hydrogen-bond donors (Lipinski definition) is 0. The van der Waals surface area contributed by atoms with Gasteiger partial charge in [-0.1, -0.05) is 101 Å². The Kier molecular flexibility index (Phi) is 17.8. The van der Waals surface area contributed by atoms with E-state index in [9.17, 15) is 0 Å². The minimum absolute atomic E-state index is 0. The summed E-state index contributed by atoms with van der Waals surface area (Å²) in [6.45, 7) is 6.67. The van der Waals surface area contributed by atoms with Gasteiger partial charge >= 0.3 is 0 Å². The molecule has 0 fully saturated rings. The predicted octanol–water partition coefficient (Wildman–Crippen LogP) is 9.93. The standard InChI is InChI=1S/C32H44N2.Pd/c1-4-7-10-12-14-20-28-22-16-18-25-31(28)33-27-30(24-9-6-3)34-32-26-19-17-23-29(32)21-15-13-11-8-5-2;/h10-13,16-19,22-23,25-27H,4-9,14-15,20-21,24H2,1-3H3;/b12-10+,13-11+,33-27+,34-30+;. The monoisotopic (exact) mass is 562 g/mol. The molecule has 0 N–H and O–H groups in total. The van der Waals surface area contributed by atoms with Crippen molar-refractivity contribution in [3.8, 4) is 0 Å². The van der Waals surface area contributed by atoms with E-state index >= 15 is 0 Å². The second-order valence-electron chi connectivity index (χ2n) is 8.82. The molecule has 2 nitrogen and oxygen atoms in total. The zero-order valence-electron chi connectivity index (χ0n) is 22.0. The maximum absolute atomic E-state index is 5.08. The Morgan fingerprint density at radius 3 is 1.74 bits per heavy atom. The minimum atomic E-state index is 0. The topological polar surface area (TPSA) is 24.7 Å². The van der Waals surface area contributed by atoms with Crippen LogP contribution in [0.2, 0.25) is 0 Å². The maximum Gasteiger partial charge on any atom is 0.0665 e. The summed E-state index contributed by atoms with van der Waals surface area (Å²) >= 11 is 0. The van der Waals surface area contributed by atoms with Crippen LogP contribution in [0, 0.1) is 0 Å². The van der Waals surface area contributed by atoms with Crippen molar-refractivity contribution in [3.05, 3.63) is 84.0 Å². The number of allylic oxidation sites excluding steroid dienone is 4. The molecule has 0 aliphatic heterocycles. The van der Waals surface area contributed by atoms with Gasteiger partial charge < -0.3 is 0 Å². The van der Waals surface area contributed by atoms with E-state index in [1.807, 2.05) is 6.21 Å². The molecule has 0 heterocycles. The van der Waals surface area contributed by atoms with Crippen LogP contribution in [-0.2, 0) is 33.3 Å². The average molecular weight is 563 g/mol. The Bertz CT molecular complexity index is 940. The third-order valence-corrected chi connectivity index (χ3v) is 5.79. The van der Waals surface area contributed by atoms with E-state index in [0.717, 1.165) is 74.9 Å². The predicted molar refractivity (Wildman–Crippen MR) is 152 cm³/mol. The maximum atomic E-state index is 5.08. The molecule has 2 rings (SSSR count). The molecule has 0 bridgehead atoms. The number of para-hydroxylation sites is 2. The first kappa shape index (κ1) is 31.0. The van der Waals surface area contributed by atoms with Crippen LogP contribution in [0.25, 0.3) is 0 Å². The van der Waals surface area contributed by atoms with Gasteiger partial charge in [-0.3, -0.25) is 9.98 Å². The van der Waals surface area contributed by atoms with Gasteiger partial charge in [0.15, 0.2) is 0 Å². The van der Waals surface area contributed by atoms with Gasteiger partial charge in [-0.2, -0.15) is 0 Å². The largest absolute Gasteiger partial charge is 0.255 e. The Morgan fingerprint density at radius 1 is 0.657 bits per heavy atom. The third-order valence-electron chi connectivity index (χ3n) is 5.79. The molecule has 0 saturated heterocycles. The van der Waals surface area contributed by atoms with Gasteiger partial charge in [-0.15, -0.1) is 0 Å². The Hall–Kier alpha value is -2.08. The van der Waals surface area contributed by atoms with Crippen LogP contribution < -0.4 is 0 Å². The Morgan fingerprint density at radius 2 is 1.17 bits per heavy atom. The molecule has 3 heteroatoms. The molecule has 0 aliphatic rings. The van der Waals surface area contributed by atoms with E-state index in [0.29, 0.717) is 0 Å². The van der Waals surface area contributed by atoms with Crippen molar-refractivity contribution in [2.75, 3.05) is 0 Å². The summed E-state index contributed by atoms with van der Waals surface area (Å²) < 4.78 is 0. The van der Waals surface area contributed by atoms with Crippen molar-refractivity contribution in [1.29, 1.82) is 0 Å². The fourth-order valence-corrected chi connectivity index (χ4v) is 3.77. The Labute approximate surface area is 228 Å². The number of hydrogen-bond acceptors (Lipinski definition) is 2. The quantitative estimate of drug-likeness (QED) is 0.110. The zero-order chi connectivity index (χ0) is 24.3. The van der Waals surface area contributed by atoms with Gasteiger partial charge in [0.2, 0.25) is 0 Å². The zero-order valence-corrected chi connectivity index (χ0v) is 23.5. The summed E-state index contributed by atoms with van der Waals surface area (Å²) in [5.41, 5.74) is 5.82. The summed E-state index contributed by atoms with van der Waals surface area (Å²) in [5, 5.41) is 0. The molecule has 0 amide bonds. The van der Waals surface area contributed by atoms with Crippen LogP contribution in [0.15, 0.2) is 82.8 Å².